The molecule has 2 aromatic carbocycles. The van der Waals surface area contributed by atoms with Gasteiger partial charge >= 0.3 is 0 Å². The fourth-order valence-electron chi connectivity index (χ4n) is 3.26. The summed E-state index contributed by atoms with van der Waals surface area (Å²) in [5.41, 5.74) is 4.05. The van der Waals surface area contributed by atoms with Gasteiger partial charge in [-0.15, -0.1) is 0 Å². The maximum absolute atomic E-state index is 5.50. The second kappa shape index (κ2) is 6.93. The highest BCUT2D eigenvalue weighted by Gasteiger charge is 2.26. The minimum absolute atomic E-state index is 0.361. The lowest BCUT2D eigenvalue weighted by molar-refractivity contribution is 0.228. The van der Waals surface area contributed by atoms with Gasteiger partial charge in [-0.2, -0.15) is 0 Å². The first-order valence-corrected chi connectivity index (χ1v) is 8.61. The second-order valence-corrected chi connectivity index (χ2v) is 6.90. The Morgan fingerprint density at radius 2 is 1.74 bits per heavy atom. The third kappa shape index (κ3) is 3.38. The van der Waals surface area contributed by atoms with Gasteiger partial charge in [0.1, 0.15) is 0 Å². The zero-order chi connectivity index (χ0) is 16.4. The highest BCUT2D eigenvalue weighted by Crippen LogP contribution is 2.38. The van der Waals surface area contributed by atoms with E-state index in [0.29, 0.717) is 6.04 Å². The Balaban J connectivity index is 1.96. The normalized spacial score (nSPS) is 17.7. The molecule has 1 aliphatic rings. The Bertz CT molecular complexity index is 685. The average Bonchev–Trinajstić information content (AvgIpc) is 2.58. The van der Waals surface area contributed by atoms with Gasteiger partial charge in [0.05, 0.1) is 14.2 Å². The van der Waals surface area contributed by atoms with Crippen molar-refractivity contribution in [2.75, 3.05) is 27.8 Å². The van der Waals surface area contributed by atoms with Crippen molar-refractivity contribution in [3.8, 4) is 11.5 Å². The first-order valence-electron chi connectivity index (χ1n) is 7.82. The van der Waals surface area contributed by atoms with E-state index in [4.69, 9.17) is 9.47 Å². The van der Waals surface area contributed by atoms with Gasteiger partial charge in [0.2, 0.25) is 0 Å². The molecule has 3 rings (SSSR count). The molecule has 0 amide bonds. The Morgan fingerprint density at radius 3 is 2.39 bits per heavy atom. The lowest BCUT2D eigenvalue weighted by atomic mass is 9.88. The van der Waals surface area contributed by atoms with Crippen LogP contribution in [0.3, 0.4) is 0 Å². The van der Waals surface area contributed by atoms with Crippen LogP contribution in [-0.4, -0.2) is 32.7 Å². The summed E-state index contributed by atoms with van der Waals surface area (Å²) >= 11 is 3.50. The van der Waals surface area contributed by atoms with E-state index in [9.17, 15) is 0 Å². The molecule has 1 atom stereocenters. The number of hydrogen-bond acceptors (Lipinski definition) is 3. The van der Waals surface area contributed by atoms with Crippen LogP contribution in [0.5, 0.6) is 11.5 Å². The first kappa shape index (κ1) is 16.3. The average molecular weight is 376 g/mol. The molecule has 0 aliphatic carbocycles. The van der Waals surface area contributed by atoms with Gasteiger partial charge in [-0.25, -0.2) is 0 Å². The molecule has 0 bridgehead atoms. The Labute approximate surface area is 146 Å². The number of nitrogens with zero attached hydrogens (tertiary/aromatic N) is 1. The molecule has 0 fully saturated rings. The van der Waals surface area contributed by atoms with Crippen LogP contribution in [0, 0.1) is 0 Å². The molecule has 0 radical (unpaired) electrons. The van der Waals surface area contributed by atoms with E-state index < -0.39 is 0 Å². The van der Waals surface area contributed by atoms with Gasteiger partial charge in [-0.1, -0.05) is 28.1 Å². The highest BCUT2D eigenvalue weighted by atomic mass is 79.9. The molecule has 1 heterocycles. The van der Waals surface area contributed by atoms with Crippen molar-refractivity contribution in [3.05, 3.63) is 57.6 Å². The number of hydrogen-bond donors (Lipinski definition) is 0. The van der Waals surface area contributed by atoms with E-state index in [2.05, 4.69) is 64.3 Å². The summed E-state index contributed by atoms with van der Waals surface area (Å²) in [5, 5.41) is 0. The van der Waals surface area contributed by atoms with E-state index in [-0.39, 0.29) is 0 Å². The van der Waals surface area contributed by atoms with Crippen molar-refractivity contribution in [3.63, 3.8) is 0 Å². The number of benzene rings is 2. The van der Waals surface area contributed by atoms with Gasteiger partial charge in [0.15, 0.2) is 11.5 Å². The highest BCUT2D eigenvalue weighted by molar-refractivity contribution is 9.10. The zero-order valence-electron chi connectivity index (χ0n) is 13.8. The molecule has 3 nitrogen and oxygen atoms in total. The third-order valence-corrected chi connectivity index (χ3v) is 5.14. The molecule has 4 heteroatoms. The standard InChI is InChI=1S/C19H22BrNO2/c1-21-9-8-14-11-18(22-2)19(23-3)12-16(14)17(21)10-13-4-6-15(20)7-5-13/h4-7,11-12,17H,8-10H2,1-3H3/t17-/m0/s1. The van der Waals surface area contributed by atoms with E-state index in [1.807, 2.05) is 0 Å². The summed E-state index contributed by atoms with van der Waals surface area (Å²) in [5.74, 6) is 1.63. The largest absolute Gasteiger partial charge is 0.493 e. The van der Waals surface area contributed by atoms with Crippen LogP contribution in [0.15, 0.2) is 40.9 Å². The number of fused-ring (bicyclic) bond motifs is 1. The topological polar surface area (TPSA) is 21.7 Å². The van der Waals surface area contributed by atoms with E-state index in [1.54, 1.807) is 14.2 Å². The fraction of sp³-hybridized carbons (Fsp3) is 0.368. The predicted molar refractivity (Wildman–Crippen MR) is 96.5 cm³/mol. The van der Waals surface area contributed by atoms with Crippen molar-refractivity contribution in [1.29, 1.82) is 0 Å². The lowest BCUT2D eigenvalue weighted by Crippen LogP contribution is -2.33. The molecular formula is C19H22BrNO2. The molecule has 0 saturated carbocycles. The van der Waals surface area contributed by atoms with E-state index in [1.165, 1.54) is 16.7 Å². The third-order valence-electron chi connectivity index (χ3n) is 4.61. The van der Waals surface area contributed by atoms with E-state index in [0.717, 1.165) is 35.4 Å². The van der Waals surface area contributed by atoms with E-state index >= 15 is 0 Å². The SMILES string of the molecule is COc1cc2c(cc1OC)[C@H](Cc1ccc(Br)cc1)N(C)CC2. The summed E-state index contributed by atoms with van der Waals surface area (Å²) in [6, 6.07) is 13.2. The van der Waals surface area contributed by atoms with Crippen LogP contribution < -0.4 is 9.47 Å². The number of methoxy groups -OCH3 is 2. The number of halogens is 1. The van der Waals surface area contributed by atoms with Crippen LogP contribution in [-0.2, 0) is 12.8 Å². The van der Waals surface area contributed by atoms with Crippen molar-refractivity contribution in [2.45, 2.75) is 18.9 Å². The molecule has 0 unspecified atom stereocenters. The van der Waals surface area contributed by atoms with Gasteiger partial charge < -0.3 is 9.47 Å². The monoisotopic (exact) mass is 375 g/mol. The Morgan fingerprint density at radius 1 is 1.09 bits per heavy atom. The van der Waals surface area contributed by atoms with Gasteiger partial charge in [0, 0.05) is 17.1 Å². The summed E-state index contributed by atoms with van der Waals surface area (Å²) in [4.78, 5) is 2.43. The van der Waals surface area contributed by atoms with Crippen LogP contribution in [0.1, 0.15) is 22.7 Å². The summed E-state index contributed by atoms with van der Waals surface area (Å²) in [6.07, 6.45) is 2.04. The van der Waals surface area contributed by atoms with Crippen molar-refractivity contribution in [2.24, 2.45) is 0 Å². The summed E-state index contributed by atoms with van der Waals surface area (Å²) in [6.45, 7) is 1.06. The van der Waals surface area contributed by atoms with Crippen molar-refractivity contribution >= 4 is 15.9 Å². The van der Waals surface area contributed by atoms with Crippen LogP contribution in [0.4, 0.5) is 0 Å². The van der Waals surface area contributed by atoms with Gasteiger partial charge in [-0.3, -0.25) is 4.90 Å². The number of ether oxygens (including phenoxy) is 2. The van der Waals surface area contributed by atoms with Crippen LogP contribution in [0.2, 0.25) is 0 Å². The molecule has 23 heavy (non-hydrogen) atoms. The number of likely N-dealkylation sites (N-methyl/N-ethyl adjacent to an activating group) is 1. The van der Waals surface area contributed by atoms with Crippen molar-refractivity contribution in [1.82, 2.24) is 4.90 Å². The molecule has 1 aliphatic heterocycles. The molecule has 0 saturated heterocycles. The Kier molecular flexibility index (Phi) is 4.93. The second-order valence-electron chi connectivity index (χ2n) is 5.98. The molecule has 122 valence electrons. The quantitative estimate of drug-likeness (QED) is 0.797. The summed E-state index contributed by atoms with van der Waals surface area (Å²) < 4.78 is 12.1. The first-order chi connectivity index (χ1) is 11.1. The predicted octanol–water partition coefficient (Wildman–Crippen LogP) is 4.24. The minimum atomic E-state index is 0.361. The smallest absolute Gasteiger partial charge is 0.161 e. The maximum atomic E-state index is 5.50. The Hall–Kier alpha value is -1.52. The molecular weight excluding hydrogens is 354 g/mol. The fourth-order valence-corrected chi connectivity index (χ4v) is 3.53. The zero-order valence-corrected chi connectivity index (χ0v) is 15.4. The van der Waals surface area contributed by atoms with Gasteiger partial charge in [-0.05, 0) is 60.8 Å². The maximum Gasteiger partial charge on any atom is 0.161 e. The van der Waals surface area contributed by atoms with Gasteiger partial charge in [0.25, 0.3) is 0 Å². The van der Waals surface area contributed by atoms with Crippen LogP contribution >= 0.6 is 15.9 Å². The number of rotatable bonds is 4. The van der Waals surface area contributed by atoms with Crippen molar-refractivity contribution < 1.29 is 9.47 Å². The minimum Gasteiger partial charge on any atom is -0.493 e. The lowest BCUT2D eigenvalue weighted by Gasteiger charge is -2.35. The summed E-state index contributed by atoms with van der Waals surface area (Å²) in [7, 11) is 5.59. The molecule has 0 spiro atoms. The molecule has 2 aromatic rings. The molecule has 0 aromatic heterocycles. The van der Waals surface area contributed by atoms with Crippen LogP contribution in [0.25, 0.3) is 0 Å². The molecule has 0 N–H and O–H groups in total.